The van der Waals surface area contributed by atoms with E-state index in [1.165, 1.54) is 30.0 Å². The number of anilines is 1. The van der Waals surface area contributed by atoms with E-state index < -0.39 is 11.7 Å². The van der Waals surface area contributed by atoms with Crippen LogP contribution in [0.2, 0.25) is 5.02 Å². The molecule has 2 aromatic carbocycles. The number of fused-ring (bicyclic) bond motifs is 1. The zero-order valence-electron chi connectivity index (χ0n) is 18.3. The van der Waals surface area contributed by atoms with Crippen LogP contribution in [0.4, 0.5) is 10.5 Å². The van der Waals surface area contributed by atoms with E-state index in [4.69, 9.17) is 26.5 Å². The molecule has 9 heteroatoms. The van der Waals surface area contributed by atoms with Gasteiger partial charge in [-0.15, -0.1) is 0 Å². The Morgan fingerprint density at radius 1 is 1.06 bits per heavy atom. The van der Waals surface area contributed by atoms with Crippen molar-refractivity contribution in [2.24, 2.45) is 0 Å². The molecule has 0 radical (unpaired) electrons. The van der Waals surface area contributed by atoms with Crippen LogP contribution in [0.3, 0.4) is 0 Å². The molecule has 2 amide bonds. The summed E-state index contributed by atoms with van der Waals surface area (Å²) >= 11 is 6.37. The van der Waals surface area contributed by atoms with Gasteiger partial charge in [-0.1, -0.05) is 23.7 Å². The van der Waals surface area contributed by atoms with Gasteiger partial charge in [0.05, 0.1) is 11.4 Å². The number of rotatable bonds is 5. The Morgan fingerprint density at radius 2 is 1.78 bits per heavy atom. The first kappa shape index (κ1) is 23.1. The summed E-state index contributed by atoms with van der Waals surface area (Å²) in [7, 11) is 6.34. The van der Waals surface area contributed by atoms with E-state index in [9.17, 15) is 14.4 Å². The summed E-state index contributed by atoms with van der Waals surface area (Å²) in [4.78, 5) is 40.1. The number of nitrogen functional groups attached to an aromatic ring is 1. The fourth-order valence-corrected chi connectivity index (χ4v) is 3.37. The molecule has 1 aromatic heterocycles. The minimum atomic E-state index is -0.630. The van der Waals surface area contributed by atoms with Crippen molar-refractivity contribution in [3.63, 3.8) is 0 Å². The lowest BCUT2D eigenvalue weighted by Gasteiger charge is -2.16. The predicted molar refractivity (Wildman–Crippen MR) is 123 cm³/mol. The Bertz CT molecular complexity index is 1250. The van der Waals surface area contributed by atoms with Crippen LogP contribution in [-0.2, 0) is 17.6 Å². The Morgan fingerprint density at radius 3 is 2.41 bits per heavy atom. The van der Waals surface area contributed by atoms with Crippen molar-refractivity contribution in [1.82, 2.24) is 9.80 Å². The van der Waals surface area contributed by atoms with Gasteiger partial charge in [-0.3, -0.25) is 4.79 Å². The molecule has 0 saturated carbocycles. The minimum Gasteiger partial charge on any atom is -0.422 e. The second-order valence-electron chi connectivity index (χ2n) is 7.77. The summed E-state index contributed by atoms with van der Waals surface area (Å²) in [5, 5.41) is 0.642. The molecular weight excluding hydrogens is 434 g/mol. The smallest absolute Gasteiger partial charge is 0.414 e. The third-order valence-corrected chi connectivity index (χ3v) is 5.19. The molecule has 0 spiro atoms. The number of halogens is 1. The third-order valence-electron chi connectivity index (χ3n) is 4.89. The highest BCUT2D eigenvalue weighted by atomic mass is 35.5. The molecule has 3 rings (SSSR count). The second-order valence-corrected chi connectivity index (χ2v) is 8.18. The van der Waals surface area contributed by atoms with E-state index in [2.05, 4.69) is 0 Å². The minimum absolute atomic E-state index is 0.0279. The van der Waals surface area contributed by atoms with E-state index in [0.29, 0.717) is 22.2 Å². The molecule has 1 heterocycles. The van der Waals surface area contributed by atoms with Crippen LogP contribution in [0.15, 0.2) is 45.6 Å². The van der Waals surface area contributed by atoms with Crippen LogP contribution in [0.5, 0.6) is 5.75 Å². The van der Waals surface area contributed by atoms with Gasteiger partial charge in [0.25, 0.3) is 0 Å². The lowest BCUT2D eigenvalue weighted by molar-refractivity contribution is -0.127. The molecule has 32 heavy (non-hydrogen) atoms. The van der Waals surface area contributed by atoms with Crippen molar-refractivity contribution >= 4 is 40.3 Å². The Balaban J connectivity index is 2.19. The Hall–Kier alpha value is -3.52. The molecule has 0 bridgehead atoms. The first-order valence-corrected chi connectivity index (χ1v) is 10.2. The zero-order chi connectivity index (χ0) is 23.6. The van der Waals surface area contributed by atoms with Gasteiger partial charge in [0, 0.05) is 57.3 Å². The van der Waals surface area contributed by atoms with E-state index in [-0.39, 0.29) is 35.1 Å². The number of ether oxygens (including phenoxy) is 1. The molecule has 0 unspecified atom stereocenters. The van der Waals surface area contributed by atoms with E-state index in [1.807, 2.05) is 6.07 Å². The average molecular weight is 458 g/mol. The van der Waals surface area contributed by atoms with Gasteiger partial charge in [-0.25, -0.2) is 9.59 Å². The largest absolute Gasteiger partial charge is 0.422 e. The quantitative estimate of drug-likeness (QED) is 0.465. The number of hydrogen-bond donors (Lipinski definition) is 1. The molecule has 0 fully saturated rings. The van der Waals surface area contributed by atoms with Crippen LogP contribution >= 0.6 is 11.6 Å². The van der Waals surface area contributed by atoms with Gasteiger partial charge < -0.3 is 24.7 Å². The summed E-state index contributed by atoms with van der Waals surface area (Å²) in [5.74, 6) is -0.139. The number of likely N-dealkylation sites (N-methyl/N-ethyl adjacent to an activating group) is 1. The molecule has 2 N–H and O–H groups in total. The van der Waals surface area contributed by atoms with E-state index >= 15 is 0 Å². The fourth-order valence-electron chi connectivity index (χ4n) is 3.16. The van der Waals surface area contributed by atoms with Gasteiger partial charge in [0.1, 0.15) is 5.58 Å². The summed E-state index contributed by atoms with van der Waals surface area (Å²) in [5.41, 5.74) is 7.66. The molecule has 0 atom stereocenters. The van der Waals surface area contributed by atoms with Crippen LogP contribution in [-0.4, -0.2) is 50.0 Å². The zero-order valence-corrected chi connectivity index (χ0v) is 19.0. The van der Waals surface area contributed by atoms with Crippen LogP contribution in [0, 0.1) is 0 Å². The molecule has 0 aliphatic carbocycles. The number of amides is 2. The maximum Gasteiger partial charge on any atom is 0.414 e. The highest BCUT2D eigenvalue weighted by molar-refractivity contribution is 6.33. The molecule has 168 valence electrons. The highest BCUT2D eigenvalue weighted by Gasteiger charge is 2.21. The van der Waals surface area contributed by atoms with Crippen molar-refractivity contribution in [2.45, 2.75) is 12.8 Å². The summed E-state index contributed by atoms with van der Waals surface area (Å²) < 4.78 is 10.8. The van der Waals surface area contributed by atoms with Crippen LogP contribution < -0.4 is 16.1 Å². The maximum absolute atomic E-state index is 12.9. The number of hydrogen-bond acceptors (Lipinski definition) is 6. The maximum atomic E-state index is 12.9. The molecule has 0 saturated heterocycles. The number of nitrogens with zero attached hydrogens (tertiary/aromatic N) is 2. The average Bonchev–Trinajstić information content (AvgIpc) is 2.71. The first-order valence-electron chi connectivity index (χ1n) is 9.78. The van der Waals surface area contributed by atoms with Crippen molar-refractivity contribution in [1.29, 1.82) is 0 Å². The number of nitrogens with two attached hydrogens (primary N) is 1. The SMILES string of the molecule is CN(C)C(=O)Cc1c(Cc2cccc(N)c2)c(=O)oc2cc(OC(=O)N(C)C)c(Cl)cc12. The topological polar surface area (TPSA) is 106 Å². The monoisotopic (exact) mass is 457 g/mol. The van der Waals surface area contributed by atoms with Crippen molar-refractivity contribution in [3.05, 3.63) is 68.5 Å². The molecular formula is C23H24ClN3O5. The lowest BCUT2D eigenvalue weighted by Crippen LogP contribution is -2.26. The van der Waals surface area contributed by atoms with Gasteiger partial charge in [-0.2, -0.15) is 0 Å². The summed E-state index contributed by atoms with van der Waals surface area (Å²) in [6.07, 6.45) is -0.427. The fraction of sp³-hybridized carbons (Fsp3) is 0.261. The molecule has 3 aromatic rings. The lowest BCUT2D eigenvalue weighted by atomic mass is 9.95. The number of carbonyl (C=O) groups excluding carboxylic acids is 2. The second kappa shape index (κ2) is 9.32. The highest BCUT2D eigenvalue weighted by Crippen LogP contribution is 2.33. The van der Waals surface area contributed by atoms with Crippen molar-refractivity contribution in [2.75, 3.05) is 33.9 Å². The van der Waals surface area contributed by atoms with Crippen molar-refractivity contribution < 1.29 is 18.7 Å². The summed E-state index contributed by atoms with van der Waals surface area (Å²) in [6.45, 7) is 0. The van der Waals surface area contributed by atoms with Crippen LogP contribution in [0.1, 0.15) is 16.7 Å². The third kappa shape index (κ3) is 5.03. The summed E-state index contributed by atoms with van der Waals surface area (Å²) in [6, 6.07) is 10.1. The molecule has 8 nitrogen and oxygen atoms in total. The Labute approximate surface area is 190 Å². The Kier molecular flexibility index (Phi) is 6.74. The van der Waals surface area contributed by atoms with E-state index in [1.54, 1.807) is 38.4 Å². The predicted octanol–water partition coefficient (Wildman–Crippen LogP) is 3.31. The van der Waals surface area contributed by atoms with E-state index in [0.717, 1.165) is 5.56 Å². The standard InChI is InChI=1S/C23H24ClN3O5/c1-26(2)21(28)11-15-16-10-18(24)20(32-23(30)27(3)4)12-19(16)31-22(29)17(15)9-13-6-5-7-14(25)8-13/h5-8,10,12H,9,11,25H2,1-4H3. The van der Waals surface area contributed by atoms with Crippen LogP contribution in [0.25, 0.3) is 11.0 Å². The van der Waals surface area contributed by atoms with Crippen molar-refractivity contribution in [3.8, 4) is 5.75 Å². The first-order chi connectivity index (χ1) is 15.1. The number of carbonyl (C=O) groups is 2. The normalized spacial score (nSPS) is 10.8. The van der Waals surface area contributed by atoms with Gasteiger partial charge >= 0.3 is 11.7 Å². The van der Waals surface area contributed by atoms with Gasteiger partial charge in [0.15, 0.2) is 5.75 Å². The molecule has 0 aliphatic heterocycles. The van der Waals surface area contributed by atoms with Gasteiger partial charge in [0.2, 0.25) is 5.91 Å². The number of benzene rings is 2. The van der Waals surface area contributed by atoms with Gasteiger partial charge in [-0.05, 0) is 29.3 Å². The molecule has 0 aliphatic rings.